The van der Waals surface area contributed by atoms with E-state index in [-0.39, 0.29) is 5.63 Å². The molecule has 196 valence electrons. The summed E-state index contributed by atoms with van der Waals surface area (Å²) in [5.74, 6) is 0.493. The van der Waals surface area contributed by atoms with Gasteiger partial charge in [0.15, 0.2) is 0 Å². The van der Waals surface area contributed by atoms with Crippen LogP contribution < -0.4 is 5.63 Å². The lowest BCUT2D eigenvalue weighted by Crippen LogP contribution is -1.94. The van der Waals surface area contributed by atoms with Crippen molar-refractivity contribution in [3.05, 3.63) is 131 Å². The van der Waals surface area contributed by atoms with Crippen molar-refractivity contribution in [2.24, 2.45) is 0 Å². The van der Waals surface area contributed by atoms with E-state index in [4.69, 9.17) is 4.42 Å². The summed E-state index contributed by atoms with van der Waals surface area (Å²) in [5, 5.41) is 6.05. The molecule has 0 atom stereocenters. The van der Waals surface area contributed by atoms with Crippen molar-refractivity contribution < 1.29 is 4.42 Å². The summed E-state index contributed by atoms with van der Waals surface area (Å²) >= 11 is 0. The number of benzene rings is 6. The van der Waals surface area contributed by atoms with Gasteiger partial charge in [0.25, 0.3) is 0 Å². The number of hydrogen-bond acceptors (Lipinski definition) is 2. The highest BCUT2D eigenvalue weighted by Crippen LogP contribution is 2.56. The molecule has 41 heavy (non-hydrogen) atoms. The predicted octanol–water partition coefficient (Wildman–Crippen LogP) is 10.5. The summed E-state index contributed by atoms with van der Waals surface area (Å²) in [7, 11) is 0. The second-order valence-electron chi connectivity index (χ2n) is 11.5. The zero-order valence-corrected chi connectivity index (χ0v) is 23.3. The van der Waals surface area contributed by atoms with Gasteiger partial charge in [-0.25, -0.2) is 4.79 Å². The molecule has 6 aromatic carbocycles. The molecule has 0 radical (unpaired) electrons. The summed E-state index contributed by atoms with van der Waals surface area (Å²) in [5.41, 5.74) is 13.1. The lowest BCUT2D eigenvalue weighted by molar-refractivity contribution is 0.561. The third kappa shape index (κ3) is 3.47. The monoisotopic (exact) mass is 528 g/mol. The Morgan fingerprint density at radius 1 is 0.585 bits per heavy atom. The molecule has 0 unspecified atom stereocenters. The van der Waals surface area contributed by atoms with Crippen molar-refractivity contribution >= 4 is 32.5 Å². The average Bonchev–Trinajstić information content (AvgIpc) is 3.33. The van der Waals surface area contributed by atoms with Gasteiger partial charge in [0.05, 0.1) is 0 Å². The van der Waals surface area contributed by atoms with Crippen LogP contribution in [-0.4, -0.2) is 0 Å². The van der Waals surface area contributed by atoms with Crippen molar-refractivity contribution in [3.63, 3.8) is 0 Å². The average molecular weight is 529 g/mol. The van der Waals surface area contributed by atoms with Crippen LogP contribution in [0.3, 0.4) is 0 Å². The third-order valence-electron chi connectivity index (χ3n) is 8.85. The molecule has 0 amide bonds. The van der Waals surface area contributed by atoms with E-state index < -0.39 is 0 Å². The summed E-state index contributed by atoms with van der Waals surface area (Å²) in [6, 6.07) is 38.7. The SMILES string of the molecule is Cc1c2c(c(-c3ccc(C(C)C)cc3)c3ccccc13)-c1ccc(-c3ccc4oc(=O)ccc4c3)c3cccc-2c13. The highest BCUT2D eigenvalue weighted by atomic mass is 16.4. The molecule has 0 aliphatic heterocycles. The van der Waals surface area contributed by atoms with Gasteiger partial charge in [-0.3, -0.25) is 0 Å². The van der Waals surface area contributed by atoms with Gasteiger partial charge >= 0.3 is 5.63 Å². The van der Waals surface area contributed by atoms with Crippen LogP contribution in [0.4, 0.5) is 0 Å². The van der Waals surface area contributed by atoms with Crippen LogP contribution in [0.25, 0.3) is 77.0 Å². The molecular formula is C39H28O2. The van der Waals surface area contributed by atoms with E-state index in [9.17, 15) is 4.79 Å². The standard InChI is InChI=1S/C39H28O2/c1-22(2)24-11-13-25(14-12-24)37-30-8-5-4-7-28(30)23(3)36-32-10-6-9-31-29(17-18-33(38(31)32)39(36)37)26-15-19-34-27(21-26)16-20-35(40)41-34/h4-22H,1-3H3. The Morgan fingerprint density at radius 2 is 1.29 bits per heavy atom. The van der Waals surface area contributed by atoms with Crippen molar-refractivity contribution in [3.8, 4) is 44.5 Å². The summed E-state index contributed by atoms with van der Waals surface area (Å²) in [4.78, 5) is 11.7. The van der Waals surface area contributed by atoms with Gasteiger partial charge in [-0.15, -0.1) is 0 Å². The summed E-state index contributed by atoms with van der Waals surface area (Å²) in [6.07, 6.45) is 0. The minimum atomic E-state index is -0.328. The summed E-state index contributed by atoms with van der Waals surface area (Å²) < 4.78 is 5.40. The second-order valence-corrected chi connectivity index (χ2v) is 11.5. The van der Waals surface area contributed by atoms with Crippen molar-refractivity contribution in [2.45, 2.75) is 26.7 Å². The van der Waals surface area contributed by atoms with Crippen LogP contribution in [0, 0.1) is 6.92 Å². The fraction of sp³-hybridized carbons (Fsp3) is 0.103. The van der Waals surface area contributed by atoms with Gasteiger partial charge in [0.2, 0.25) is 0 Å². The molecule has 0 saturated carbocycles. The zero-order valence-electron chi connectivity index (χ0n) is 23.3. The first-order valence-electron chi connectivity index (χ1n) is 14.3. The minimum Gasteiger partial charge on any atom is -0.423 e. The highest BCUT2D eigenvalue weighted by Gasteiger charge is 2.29. The molecule has 0 saturated heterocycles. The van der Waals surface area contributed by atoms with Crippen molar-refractivity contribution in [1.82, 2.24) is 0 Å². The van der Waals surface area contributed by atoms with E-state index in [2.05, 4.69) is 112 Å². The lowest BCUT2D eigenvalue weighted by atomic mass is 9.84. The largest absolute Gasteiger partial charge is 0.423 e. The number of aryl methyl sites for hydroxylation is 1. The molecule has 0 fully saturated rings. The van der Waals surface area contributed by atoms with Gasteiger partial charge in [-0.2, -0.15) is 0 Å². The van der Waals surface area contributed by atoms with Crippen molar-refractivity contribution in [2.75, 3.05) is 0 Å². The quantitative estimate of drug-likeness (QED) is 0.214. The van der Waals surface area contributed by atoms with Gasteiger partial charge in [-0.05, 0) is 108 Å². The van der Waals surface area contributed by atoms with E-state index in [1.165, 1.54) is 77.7 Å². The second kappa shape index (κ2) is 8.78. The fourth-order valence-corrected chi connectivity index (χ4v) is 6.87. The first kappa shape index (κ1) is 23.9. The molecular weight excluding hydrogens is 500 g/mol. The summed E-state index contributed by atoms with van der Waals surface area (Å²) in [6.45, 7) is 6.76. The number of rotatable bonds is 3. The highest BCUT2D eigenvalue weighted by molar-refractivity contribution is 6.25. The first-order valence-corrected chi connectivity index (χ1v) is 14.3. The van der Waals surface area contributed by atoms with E-state index in [1.807, 2.05) is 12.1 Å². The molecule has 1 aromatic heterocycles. The zero-order chi connectivity index (χ0) is 27.8. The van der Waals surface area contributed by atoms with E-state index in [1.54, 1.807) is 0 Å². The maximum atomic E-state index is 11.7. The van der Waals surface area contributed by atoms with Gasteiger partial charge in [0.1, 0.15) is 5.58 Å². The Hall–Kier alpha value is -4.95. The van der Waals surface area contributed by atoms with Gasteiger partial charge in [-0.1, -0.05) is 98.8 Å². The molecule has 1 aliphatic rings. The first-order chi connectivity index (χ1) is 20.0. The van der Waals surface area contributed by atoms with Crippen LogP contribution >= 0.6 is 0 Å². The van der Waals surface area contributed by atoms with E-state index in [0.717, 1.165) is 10.9 Å². The molecule has 0 bridgehead atoms. The molecule has 1 aliphatic carbocycles. The molecule has 7 aromatic rings. The molecule has 0 spiro atoms. The van der Waals surface area contributed by atoms with Crippen LogP contribution in [0.5, 0.6) is 0 Å². The Bertz CT molecular complexity index is 2250. The third-order valence-corrected chi connectivity index (χ3v) is 8.85. The van der Waals surface area contributed by atoms with Gasteiger partial charge < -0.3 is 4.42 Å². The minimum absolute atomic E-state index is 0.328. The van der Waals surface area contributed by atoms with Gasteiger partial charge in [0, 0.05) is 11.5 Å². The maximum absolute atomic E-state index is 11.7. The van der Waals surface area contributed by atoms with E-state index >= 15 is 0 Å². The Kier molecular flexibility index (Phi) is 5.11. The van der Waals surface area contributed by atoms with E-state index in [0.29, 0.717) is 11.5 Å². The number of hydrogen-bond donors (Lipinski definition) is 0. The van der Waals surface area contributed by atoms with Crippen LogP contribution in [-0.2, 0) is 0 Å². The molecule has 8 rings (SSSR count). The van der Waals surface area contributed by atoms with Crippen LogP contribution in [0.1, 0.15) is 30.9 Å². The Labute approximate surface area is 238 Å². The predicted molar refractivity (Wildman–Crippen MR) is 172 cm³/mol. The molecule has 1 heterocycles. The Balaban J connectivity index is 1.43. The number of fused-ring (bicyclic) bond motifs is 5. The smallest absolute Gasteiger partial charge is 0.336 e. The molecule has 2 nitrogen and oxygen atoms in total. The van der Waals surface area contributed by atoms with Crippen molar-refractivity contribution in [1.29, 1.82) is 0 Å². The molecule has 0 N–H and O–H groups in total. The normalized spacial score (nSPS) is 12.1. The van der Waals surface area contributed by atoms with Crippen LogP contribution in [0.2, 0.25) is 0 Å². The Morgan fingerprint density at radius 3 is 2.10 bits per heavy atom. The topological polar surface area (TPSA) is 30.2 Å². The van der Waals surface area contributed by atoms with Crippen LogP contribution in [0.15, 0.2) is 118 Å². The lowest BCUT2D eigenvalue weighted by Gasteiger charge is -2.18. The molecule has 2 heteroatoms. The maximum Gasteiger partial charge on any atom is 0.336 e. The fourth-order valence-electron chi connectivity index (χ4n) is 6.87.